The maximum atomic E-state index is 12.1. The van der Waals surface area contributed by atoms with Gasteiger partial charge < -0.3 is 4.90 Å². The Hall–Kier alpha value is -1.98. The molecule has 27 heavy (non-hydrogen) atoms. The second kappa shape index (κ2) is 8.36. The van der Waals surface area contributed by atoms with E-state index in [0.29, 0.717) is 12.3 Å². The van der Waals surface area contributed by atoms with Gasteiger partial charge in [0.25, 0.3) is 0 Å². The van der Waals surface area contributed by atoms with Crippen LogP contribution in [0.25, 0.3) is 0 Å². The third-order valence-corrected chi connectivity index (χ3v) is 5.43. The van der Waals surface area contributed by atoms with Gasteiger partial charge in [0.2, 0.25) is 5.91 Å². The summed E-state index contributed by atoms with van der Waals surface area (Å²) < 4.78 is 0. The highest BCUT2D eigenvalue weighted by atomic mass is 35.5. The second-order valence-corrected chi connectivity index (χ2v) is 7.98. The SMILES string of the molecule is Cc1nc([C@@H]2CCN(Cc3cccc(Cl)c3)C2)nc(C)c1CC(=O)N(C)C. The first-order valence-electron chi connectivity index (χ1n) is 9.34. The van der Waals surface area contributed by atoms with Crippen LogP contribution in [0.3, 0.4) is 0 Å². The van der Waals surface area contributed by atoms with Crippen LogP contribution in [0, 0.1) is 13.8 Å². The molecule has 1 aliphatic heterocycles. The van der Waals surface area contributed by atoms with Crippen molar-refractivity contribution in [1.29, 1.82) is 0 Å². The molecular formula is C21H27ClN4O. The van der Waals surface area contributed by atoms with Gasteiger partial charge in [-0.25, -0.2) is 9.97 Å². The molecule has 2 aromatic rings. The predicted octanol–water partition coefficient (Wildman–Crippen LogP) is 3.37. The van der Waals surface area contributed by atoms with Crippen LogP contribution in [0.5, 0.6) is 0 Å². The van der Waals surface area contributed by atoms with E-state index in [1.54, 1.807) is 19.0 Å². The molecule has 144 valence electrons. The normalized spacial score (nSPS) is 17.3. The fraction of sp³-hybridized carbons (Fsp3) is 0.476. The van der Waals surface area contributed by atoms with Crippen LogP contribution in [0.15, 0.2) is 24.3 Å². The van der Waals surface area contributed by atoms with Gasteiger partial charge in [0.15, 0.2) is 0 Å². The van der Waals surface area contributed by atoms with E-state index in [1.165, 1.54) is 5.56 Å². The standard InChI is InChI=1S/C21H27ClN4O/c1-14-19(11-20(27)25(3)4)15(2)24-21(23-14)17-8-9-26(13-17)12-16-6-5-7-18(22)10-16/h5-7,10,17H,8-9,11-13H2,1-4H3/t17-/m1/s1. The van der Waals surface area contributed by atoms with Gasteiger partial charge in [-0.05, 0) is 44.5 Å². The van der Waals surface area contributed by atoms with Crippen molar-refractivity contribution < 1.29 is 4.79 Å². The summed E-state index contributed by atoms with van der Waals surface area (Å²) in [5.74, 6) is 1.31. The molecule has 0 spiro atoms. The Morgan fingerprint density at radius 3 is 2.59 bits per heavy atom. The van der Waals surface area contributed by atoms with Crippen LogP contribution in [0.1, 0.15) is 40.7 Å². The second-order valence-electron chi connectivity index (χ2n) is 7.55. The largest absolute Gasteiger partial charge is 0.349 e. The van der Waals surface area contributed by atoms with Gasteiger partial charge in [-0.2, -0.15) is 0 Å². The number of rotatable bonds is 5. The first-order chi connectivity index (χ1) is 12.8. The lowest BCUT2D eigenvalue weighted by Crippen LogP contribution is -2.25. The molecule has 1 saturated heterocycles. The number of hydrogen-bond donors (Lipinski definition) is 0. The van der Waals surface area contributed by atoms with Gasteiger partial charge in [-0.3, -0.25) is 9.69 Å². The Morgan fingerprint density at radius 2 is 1.96 bits per heavy atom. The lowest BCUT2D eigenvalue weighted by molar-refractivity contribution is -0.128. The summed E-state index contributed by atoms with van der Waals surface area (Å²) in [6.45, 7) is 6.83. The number of likely N-dealkylation sites (tertiary alicyclic amines) is 1. The lowest BCUT2D eigenvalue weighted by atomic mass is 10.0. The van der Waals surface area contributed by atoms with E-state index in [2.05, 4.69) is 11.0 Å². The zero-order valence-corrected chi connectivity index (χ0v) is 17.3. The highest BCUT2D eigenvalue weighted by molar-refractivity contribution is 6.30. The molecule has 0 saturated carbocycles. The van der Waals surface area contributed by atoms with E-state index in [-0.39, 0.29) is 5.91 Å². The summed E-state index contributed by atoms with van der Waals surface area (Å²) >= 11 is 6.09. The number of aryl methyl sites for hydroxylation is 2. The Morgan fingerprint density at radius 1 is 1.26 bits per heavy atom. The van der Waals surface area contributed by atoms with Crippen molar-refractivity contribution in [3.05, 3.63) is 57.6 Å². The van der Waals surface area contributed by atoms with Crippen molar-refractivity contribution >= 4 is 17.5 Å². The molecule has 1 atom stereocenters. The number of aromatic nitrogens is 2. The zero-order valence-electron chi connectivity index (χ0n) is 16.5. The molecule has 0 N–H and O–H groups in total. The van der Waals surface area contributed by atoms with E-state index in [1.807, 2.05) is 32.0 Å². The minimum Gasteiger partial charge on any atom is -0.349 e. The van der Waals surface area contributed by atoms with E-state index in [4.69, 9.17) is 21.6 Å². The molecule has 0 unspecified atom stereocenters. The first-order valence-corrected chi connectivity index (χ1v) is 9.72. The number of carbonyl (C=O) groups is 1. The zero-order chi connectivity index (χ0) is 19.6. The average Bonchev–Trinajstić information content (AvgIpc) is 3.06. The molecule has 1 aliphatic rings. The van der Waals surface area contributed by atoms with E-state index >= 15 is 0 Å². The first kappa shape index (κ1) is 19.8. The quantitative estimate of drug-likeness (QED) is 0.790. The highest BCUT2D eigenvalue weighted by Crippen LogP contribution is 2.27. The van der Waals surface area contributed by atoms with Crippen molar-refractivity contribution in [1.82, 2.24) is 19.8 Å². The van der Waals surface area contributed by atoms with Crippen molar-refractivity contribution in [3.8, 4) is 0 Å². The Balaban J connectivity index is 1.69. The monoisotopic (exact) mass is 386 g/mol. The van der Waals surface area contributed by atoms with Crippen LogP contribution in [-0.4, -0.2) is 52.9 Å². The van der Waals surface area contributed by atoms with Crippen molar-refractivity contribution in [3.63, 3.8) is 0 Å². The third-order valence-electron chi connectivity index (χ3n) is 5.20. The molecule has 1 aromatic heterocycles. The fourth-order valence-electron chi connectivity index (χ4n) is 3.59. The van der Waals surface area contributed by atoms with Crippen molar-refractivity contribution in [2.45, 2.75) is 39.2 Å². The number of benzene rings is 1. The number of halogens is 1. The van der Waals surface area contributed by atoms with Gasteiger partial charge in [0, 0.05) is 55.1 Å². The van der Waals surface area contributed by atoms with Crippen LogP contribution in [0.2, 0.25) is 5.02 Å². The Bertz CT molecular complexity index is 814. The van der Waals surface area contributed by atoms with Crippen molar-refractivity contribution in [2.75, 3.05) is 27.2 Å². The molecule has 3 rings (SSSR count). The predicted molar refractivity (Wildman–Crippen MR) is 108 cm³/mol. The lowest BCUT2D eigenvalue weighted by Gasteiger charge is -2.17. The molecule has 5 nitrogen and oxygen atoms in total. The summed E-state index contributed by atoms with van der Waals surface area (Å²) in [5, 5.41) is 0.778. The average molecular weight is 387 g/mol. The number of carbonyl (C=O) groups excluding carboxylic acids is 1. The molecule has 1 amide bonds. The topological polar surface area (TPSA) is 49.3 Å². The summed E-state index contributed by atoms with van der Waals surface area (Å²) in [7, 11) is 3.55. The van der Waals surface area contributed by atoms with Gasteiger partial charge in [0.05, 0.1) is 6.42 Å². The van der Waals surface area contributed by atoms with Crippen LogP contribution < -0.4 is 0 Å². The van der Waals surface area contributed by atoms with Crippen molar-refractivity contribution in [2.24, 2.45) is 0 Å². The van der Waals surface area contributed by atoms with Gasteiger partial charge in [-0.1, -0.05) is 23.7 Å². The number of amides is 1. The van der Waals surface area contributed by atoms with E-state index in [0.717, 1.165) is 53.9 Å². The smallest absolute Gasteiger partial charge is 0.226 e. The summed E-state index contributed by atoms with van der Waals surface area (Å²) in [5.41, 5.74) is 4.02. The molecule has 1 aromatic carbocycles. The van der Waals surface area contributed by atoms with E-state index in [9.17, 15) is 4.79 Å². The Labute approximate surface area is 166 Å². The minimum atomic E-state index is 0.0751. The summed E-state index contributed by atoms with van der Waals surface area (Å²) in [6.07, 6.45) is 1.41. The minimum absolute atomic E-state index is 0.0751. The molecule has 2 heterocycles. The molecule has 1 fully saturated rings. The van der Waals surface area contributed by atoms with Crippen LogP contribution >= 0.6 is 11.6 Å². The fourth-order valence-corrected chi connectivity index (χ4v) is 3.81. The summed E-state index contributed by atoms with van der Waals surface area (Å²) in [6, 6.07) is 8.03. The molecular weight excluding hydrogens is 360 g/mol. The number of likely N-dealkylation sites (N-methyl/N-ethyl adjacent to an activating group) is 1. The molecule has 0 aliphatic carbocycles. The number of nitrogens with zero attached hydrogens (tertiary/aromatic N) is 4. The maximum absolute atomic E-state index is 12.1. The maximum Gasteiger partial charge on any atom is 0.226 e. The molecule has 0 radical (unpaired) electrons. The summed E-state index contributed by atoms with van der Waals surface area (Å²) in [4.78, 5) is 25.6. The van der Waals surface area contributed by atoms with Gasteiger partial charge in [0.1, 0.15) is 5.82 Å². The van der Waals surface area contributed by atoms with Crippen LogP contribution in [0.4, 0.5) is 0 Å². The van der Waals surface area contributed by atoms with Crippen LogP contribution in [-0.2, 0) is 17.8 Å². The highest BCUT2D eigenvalue weighted by Gasteiger charge is 2.27. The third kappa shape index (κ3) is 4.85. The molecule has 0 bridgehead atoms. The Kier molecular flexibility index (Phi) is 6.12. The van der Waals surface area contributed by atoms with Gasteiger partial charge in [-0.15, -0.1) is 0 Å². The van der Waals surface area contributed by atoms with E-state index < -0.39 is 0 Å². The van der Waals surface area contributed by atoms with Gasteiger partial charge >= 0.3 is 0 Å². The number of hydrogen-bond acceptors (Lipinski definition) is 4. The molecule has 6 heteroatoms.